The molecule has 0 radical (unpaired) electrons. The molecule has 1 atom stereocenters. The van der Waals surface area contributed by atoms with E-state index in [1.165, 1.54) is 11.1 Å². The van der Waals surface area contributed by atoms with Gasteiger partial charge in [-0.1, -0.05) is 30.3 Å². The quantitative estimate of drug-likeness (QED) is 0.851. The Morgan fingerprint density at radius 2 is 2.08 bits per heavy atom. The van der Waals surface area contributed by atoms with Gasteiger partial charge in [-0.05, 0) is 5.56 Å². The highest BCUT2D eigenvalue weighted by atomic mass is 35.5. The lowest BCUT2D eigenvalue weighted by atomic mass is 10.1. The van der Waals surface area contributed by atoms with E-state index >= 15 is 0 Å². The first kappa shape index (κ1) is 16.2. The maximum absolute atomic E-state index is 12.4. The number of ether oxygens (including phenoxy) is 1. The summed E-state index contributed by atoms with van der Waals surface area (Å²) in [6.07, 6.45) is 0.843. The Balaban J connectivity index is 1.78. The predicted molar refractivity (Wildman–Crippen MR) is 87.1 cm³/mol. The largest absolute Gasteiger partial charge is 0.445 e. The number of Topliss-reactive ketones (excluding diaryl/α,β-unsaturated/α-hetero) is 1. The molecule has 0 saturated heterocycles. The summed E-state index contributed by atoms with van der Waals surface area (Å²) >= 11 is 5.68. The molecule has 1 aromatic heterocycles. The smallest absolute Gasteiger partial charge is 0.411 e. The van der Waals surface area contributed by atoms with Gasteiger partial charge in [-0.25, -0.2) is 14.8 Å². The molecule has 1 aromatic carbocycles. The fourth-order valence-electron chi connectivity index (χ4n) is 2.61. The molecule has 1 aliphatic rings. The number of alkyl halides is 1. The van der Waals surface area contributed by atoms with Crippen LogP contribution in [0.15, 0.2) is 36.5 Å². The Bertz CT molecular complexity index is 769. The van der Waals surface area contributed by atoms with Gasteiger partial charge in [-0.15, -0.1) is 11.6 Å². The molecule has 1 amide bonds. The average molecular weight is 347 g/mol. The van der Waals surface area contributed by atoms with E-state index in [1.807, 2.05) is 30.3 Å². The maximum Gasteiger partial charge on any atom is 0.411 e. The number of carbonyl (C=O) groups excluding carboxylic acids is 2. The molecule has 0 saturated carbocycles. The number of nitrogens with zero attached hydrogens (tertiary/aromatic N) is 3. The van der Waals surface area contributed by atoms with E-state index in [9.17, 15) is 9.59 Å². The van der Waals surface area contributed by atoms with Gasteiger partial charge in [0, 0.05) is 11.8 Å². The number of aromatic nitrogens is 2. The van der Waals surface area contributed by atoms with Crippen molar-refractivity contribution in [1.82, 2.24) is 14.9 Å². The number of nitrogen functional groups attached to an aromatic ring is 1. The molecular weight excluding hydrogens is 332 g/mol. The molecule has 2 aromatic rings. The van der Waals surface area contributed by atoms with Crippen LogP contribution in [0.25, 0.3) is 0 Å². The number of halogens is 1. The lowest BCUT2D eigenvalue weighted by Gasteiger charge is -2.22. The Morgan fingerprint density at radius 1 is 1.33 bits per heavy atom. The second-order valence-electron chi connectivity index (χ2n) is 5.30. The van der Waals surface area contributed by atoms with Crippen molar-refractivity contribution < 1.29 is 14.3 Å². The molecule has 8 heteroatoms. The molecule has 124 valence electrons. The Labute approximate surface area is 143 Å². The van der Waals surface area contributed by atoms with Crippen LogP contribution < -0.4 is 5.73 Å². The zero-order chi connectivity index (χ0) is 17.1. The van der Waals surface area contributed by atoms with Crippen LogP contribution in [-0.2, 0) is 22.7 Å². The highest BCUT2D eigenvalue weighted by Gasteiger charge is 2.40. The number of rotatable bonds is 4. The Morgan fingerprint density at radius 3 is 2.79 bits per heavy atom. The molecule has 3 rings (SSSR count). The topological polar surface area (TPSA) is 98.4 Å². The van der Waals surface area contributed by atoms with Crippen molar-refractivity contribution in [2.45, 2.75) is 19.2 Å². The monoisotopic (exact) mass is 346 g/mol. The summed E-state index contributed by atoms with van der Waals surface area (Å²) in [7, 11) is 0. The summed E-state index contributed by atoms with van der Waals surface area (Å²) in [5, 5.41) is 0. The summed E-state index contributed by atoms with van der Waals surface area (Å²) in [6, 6.07) is 8.43. The molecule has 0 spiro atoms. The fraction of sp³-hybridized carbons (Fsp3) is 0.250. The first-order valence-corrected chi connectivity index (χ1v) is 7.81. The third-order valence-electron chi connectivity index (χ3n) is 3.72. The molecule has 0 bridgehead atoms. The van der Waals surface area contributed by atoms with Crippen molar-refractivity contribution in [2.24, 2.45) is 0 Å². The minimum absolute atomic E-state index is 0.0883. The number of benzene rings is 1. The summed E-state index contributed by atoms with van der Waals surface area (Å²) < 4.78 is 5.31. The van der Waals surface area contributed by atoms with Crippen molar-refractivity contribution in [1.29, 1.82) is 0 Å². The van der Waals surface area contributed by atoms with Crippen LogP contribution in [0.4, 0.5) is 10.7 Å². The Hall–Kier alpha value is -2.67. The zero-order valence-electron chi connectivity index (χ0n) is 12.7. The van der Waals surface area contributed by atoms with E-state index in [2.05, 4.69) is 9.97 Å². The molecule has 1 aliphatic heterocycles. The number of ketones is 1. The SMILES string of the molecule is Nc1ncc2c(n1)CN(C(=O)OCc1ccccc1)[C@H]2C(=O)CCl. The van der Waals surface area contributed by atoms with Crippen LogP contribution in [-0.4, -0.2) is 32.6 Å². The summed E-state index contributed by atoms with van der Waals surface area (Å²) in [6.45, 7) is 0.241. The van der Waals surface area contributed by atoms with Crippen LogP contribution >= 0.6 is 11.6 Å². The average Bonchev–Trinajstić information content (AvgIpc) is 2.98. The fourth-order valence-corrected chi connectivity index (χ4v) is 2.76. The predicted octanol–water partition coefficient (Wildman–Crippen LogP) is 2.06. The lowest BCUT2D eigenvalue weighted by Crippen LogP contribution is -2.35. The van der Waals surface area contributed by atoms with Crippen molar-refractivity contribution in [3.8, 4) is 0 Å². The maximum atomic E-state index is 12.4. The van der Waals surface area contributed by atoms with E-state index in [1.54, 1.807) is 0 Å². The summed E-state index contributed by atoms with van der Waals surface area (Å²) in [5.74, 6) is -0.456. The number of carbonyl (C=O) groups is 2. The van der Waals surface area contributed by atoms with Crippen LogP contribution in [0.1, 0.15) is 22.9 Å². The summed E-state index contributed by atoms with van der Waals surface area (Å²) in [5.41, 5.74) is 7.49. The number of nitrogens with two attached hydrogens (primary N) is 1. The number of hydrogen-bond donors (Lipinski definition) is 1. The van der Waals surface area contributed by atoms with E-state index in [-0.39, 0.29) is 30.8 Å². The lowest BCUT2D eigenvalue weighted by molar-refractivity contribution is -0.121. The van der Waals surface area contributed by atoms with Gasteiger partial charge in [-0.2, -0.15) is 0 Å². The molecule has 2 heterocycles. The van der Waals surface area contributed by atoms with Gasteiger partial charge in [0.2, 0.25) is 5.95 Å². The van der Waals surface area contributed by atoms with Gasteiger partial charge in [0.05, 0.1) is 18.1 Å². The van der Waals surface area contributed by atoms with Gasteiger partial charge in [0.15, 0.2) is 5.78 Å². The molecular formula is C16H15ClN4O3. The minimum atomic E-state index is -0.846. The van der Waals surface area contributed by atoms with Crippen LogP contribution in [0, 0.1) is 0 Å². The van der Waals surface area contributed by atoms with E-state index in [0.29, 0.717) is 11.3 Å². The van der Waals surface area contributed by atoms with Gasteiger partial charge in [0.1, 0.15) is 12.6 Å². The van der Waals surface area contributed by atoms with Crippen LogP contribution in [0.3, 0.4) is 0 Å². The third kappa shape index (κ3) is 3.16. The van der Waals surface area contributed by atoms with Crippen molar-refractivity contribution >= 4 is 29.4 Å². The normalized spacial score (nSPS) is 15.9. The standard InChI is InChI=1S/C16H15ClN4O3/c17-6-13(22)14-11-7-19-15(18)20-12(11)8-21(14)16(23)24-9-10-4-2-1-3-5-10/h1-5,7,14H,6,8-9H2,(H2,18,19,20)/t14-/m1/s1. The zero-order valence-corrected chi connectivity index (χ0v) is 13.4. The third-order valence-corrected chi connectivity index (χ3v) is 3.98. The first-order valence-electron chi connectivity index (χ1n) is 7.27. The molecule has 0 fully saturated rings. The van der Waals surface area contributed by atoms with Crippen molar-refractivity contribution in [3.05, 3.63) is 53.3 Å². The van der Waals surface area contributed by atoms with E-state index in [4.69, 9.17) is 22.1 Å². The molecule has 0 aliphatic carbocycles. The molecule has 24 heavy (non-hydrogen) atoms. The summed E-state index contributed by atoms with van der Waals surface area (Å²) in [4.78, 5) is 33.9. The highest BCUT2D eigenvalue weighted by Crippen LogP contribution is 2.34. The Kier molecular flexibility index (Phi) is 4.61. The van der Waals surface area contributed by atoms with Gasteiger partial charge < -0.3 is 10.5 Å². The van der Waals surface area contributed by atoms with Gasteiger partial charge >= 0.3 is 6.09 Å². The first-order chi connectivity index (χ1) is 11.6. The number of amides is 1. The van der Waals surface area contributed by atoms with Gasteiger partial charge in [-0.3, -0.25) is 9.69 Å². The molecule has 0 unspecified atom stereocenters. The number of fused-ring (bicyclic) bond motifs is 1. The van der Waals surface area contributed by atoms with Crippen LogP contribution in [0.5, 0.6) is 0 Å². The minimum Gasteiger partial charge on any atom is -0.445 e. The van der Waals surface area contributed by atoms with Crippen molar-refractivity contribution in [3.63, 3.8) is 0 Å². The van der Waals surface area contributed by atoms with E-state index in [0.717, 1.165) is 5.56 Å². The van der Waals surface area contributed by atoms with Crippen molar-refractivity contribution in [2.75, 3.05) is 11.6 Å². The second-order valence-corrected chi connectivity index (χ2v) is 5.57. The second kappa shape index (κ2) is 6.84. The van der Waals surface area contributed by atoms with Crippen LogP contribution in [0.2, 0.25) is 0 Å². The number of anilines is 1. The highest BCUT2D eigenvalue weighted by molar-refractivity contribution is 6.28. The van der Waals surface area contributed by atoms with Gasteiger partial charge in [0.25, 0.3) is 0 Å². The van der Waals surface area contributed by atoms with E-state index < -0.39 is 12.1 Å². The number of hydrogen-bond acceptors (Lipinski definition) is 6. The molecule has 7 nitrogen and oxygen atoms in total. The molecule has 2 N–H and O–H groups in total.